The molecule has 11 rings (SSSR count). The van der Waals surface area contributed by atoms with Crippen LogP contribution in [0.15, 0.2) is 157 Å². The van der Waals surface area contributed by atoms with Gasteiger partial charge >= 0.3 is 11.4 Å². The zero-order chi connectivity index (χ0) is 40.1. The standard InChI is InChI=1S/2C25H20N2.Al.3ClH/c1-25(2)14-17-15-26-24-20-11-7-6-10-19(20)22-18(16-8-4-3-5-9-16)12-13-21(25)23(22)27(17)24;1-17(2)15-19-16-26-25-22-12-7-6-11-21(22)24-20(18-9-4-3-5-10-18)13-8-14-23(24)27(19)25;;;;/h3-13,15H,14H2,1-2H3;3-16H,1-2H3;;3*1H/q;;+3;;;/p-3. The number of halogens is 3. The molecule has 0 bridgehead atoms. The first-order valence-electron chi connectivity index (χ1n) is 19.5. The Morgan fingerprint density at radius 1 is 0.586 bits per heavy atom. The predicted molar refractivity (Wildman–Crippen MR) is 251 cm³/mol. The minimum absolute atomic E-state index is 0.0961. The fourth-order valence-electron chi connectivity index (χ4n) is 8.87. The average molecular weight is 830 g/mol. The van der Waals surface area contributed by atoms with E-state index in [0.717, 1.165) is 23.4 Å². The summed E-state index contributed by atoms with van der Waals surface area (Å²) in [5.41, 5.74) is 14.8. The van der Waals surface area contributed by atoms with Gasteiger partial charge in [-0.15, -0.1) is 0 Å². The average Bonchev–Trinajstić information content (AvgIpc) is 3.85. The van der Waals surface area contributed by atoms with Gasteiger partial charge in [0.2, 0.25) is 0 Å². The molecule has 0 radical (unpaired) electrons. The van der Waals surface area contributed by atoms with E-state index in [1.165, 1.54) is 82.4 Å². The molecule has 0 saturated carbocycles. The number of rotatable bonds is 3. The van der Waals surface area contributed by atoms with Gasteiger partial charge in [0.25, 0.3) is 0 Å². The molecule has 284 valence electrons. The Morgan fingerprint density at radius 2 is 1.10 bits per heavy atom. The first-order valence-corrected chi connectivity index (χ1v) is 24.7. The van der Waals surface area contributed by atoms with Crippen LogP contribution in [0.1, 0.15) is 44.6 Å². The number of pyridine rings is 2. The third-order valence-corrected chi connectivity index (χ3v) is 11.1. The Balaban J connectivity index is 0.000000138. The molecule has 58 heavy (non-hydrogen) atoms. The number of allylic oxidation sites excluding steroid dienone is 1. The van der Waals surface area contributed by atoms with Crippen molar-refractivity contribution in [2.75, 3.05) is 0 Å². The highest BCUT2D eigenvalue weighted by molar-refractivity contribution is 7.54. The summed E-state index contributed by atoms with van der Waals surface area (Å²) in [4.78, 5) is 9.60. The van der Waals surface area contributed by atoms with Crippen LogP contribution in [0.3, 0.4) is 0 Å². The lowest BCUT2D eigenvalue weighted by atomic mass is 9.76. The molecule has 0 spiro atoms. The van der Waals surface area contributed by atoms with E-state index < -0.39 is 11.4 Å². The molecule has 4 nitrogen and oxygen atoms in total. The zero-order valence-corrected chi connectivity index (χ0v) is 36.1. The molecular weight excluding hydrogens is 790 g/mol. The largest absolute Gasteiger partial charge is 0.643 e. The summed E-state index contributed by atoms with van der Waals surface area (Å²) in [5, 5.41) is 7.55. The molecule has 0 N–H and O–H groups in total. The molecular formula is C50H40AlCl3N4. The van der Waals surface area contributed by atoms with Gasteiger partial charge in [0.15, 0.2) is 0 Å². The van der Waals surface area contributed by atoms with Crippen LogP contribution in [0.4, 0.5) is 0 Å². The van der Waals surface area contributed by atoms with Crippen molar-refractivity contribution in [1.82, 2.24) is 18.8 Å². The highest BCUT2D eigenvalue weighted by atomic mass is 35.8. The molecule has 0 atom stereocenters. The SMILES string of the molecule is CC(C)=Cc1cnc2c3ccccc3c3c(-c4ccccc4)cccc3n12.CC1(C)Cc2cnc3c4ccccc4c4c(-c5ccccc5)ccc1c4n23.[Cl][Al]([Cl])[Cl]. The Bertz CT molecular complexity index is 3180. The Morgan fingerprint density at radius 3 is 1.71 bits per heavy atom. The maximum atomic E-state index is 4.94. The second-order valence-corrected chi connectivity index (χ2v) is 22.1. The van der Waals surface area contributed by atoms with Gasteiger partial charge in [-0.05, 0) is 76.4 Å². The van der Waals surface area contributed by atoms with Gasteiger partial charge in [0.1, 0.15) is 11.3 Å². The molecule has 0 saturated heterocycles. The topological polar surface area (TPSA) is 34.6 Å². The lowest BCUT2D eigenvalue weighted by Crippen LogP contribution is -2.26. The first kappa shape index (κ1) is 38.4. The van der Waals surface area contributed by atoms with Crippen LogP contribution in [-0.4, -0.2) is 30.2 Å². The van der Waals surface area contributed by atoms with E-state index in [0.29, 0.717) is 0 Å². The van der Waals surface area contributed by atoms with Crippen molar-refractivity contribution in [3.63, 3.8) is 0 Å². The van der Waals surface area contributed by atoms with Gasteiger partial charge in [-0.1, -0.05) is 153 Å². The molecule has 0 amide bonds. The minimum atomic E-state index is -1.72. The molecule has 0 fully saturated rings. The summed E-state index contributed by atoms with van der Waals surface area (Å²) in [6, 6.07) is 49.8. The van der Waals surface area contributed by atoms with E-state index in [1.807, 2.05) is 6.20 Å². The highest BCUT2D eigenvalue weighted by Gasteiger charge is 2.32. The maximum Gasteiger partial charge on any atom is 0.643 e. The normalized spacial score (nSPS) is 12.8. The summed E-state index contributed by atoms with van der Waals surface area (Å²) in [6.45, 7) is 8.94. The smallest absolute Gasteiger partial charge is 0.296 e. The van der Waals surface area contributed by atoms with Gasteiger partial charge in [-0.3, -0.25) is 8.80 Å². The van der Waals surface area contributed by atoms with Crippen molar-refractivity contribution in [3.8, 4) is 22.3 Å². The zero-order valence-electron chi connectivity index (χ0n) is 32.7. The second-order valence-electron chi connectivity index (χ2n) is 15.7. The number of fused-ring (bicyclic) bond motifs is 9. The molecule has 10 aromatic rings. The predicted octanol–water partition coefficient (Wildman–Crippen LogP) is 14.6. The van der Waals surface area contributed by atoms with Crippen LogP contribution in [0.2, 0.25) is 0 Å². The van der Waals surface area contributed by atoms with Crippen LogP contribution in [0.5, 0.6) is 0 Å². The molecule has 1 aliphatic heterocycles. The Kier molecular flexibility index (Phi) is 10.3. The summed E-state index contributed by atoms with van der Waals surface area (Å²) < 4.78 is 4.70. The van der Waals surface area contributed by atoms with Crippen LogP contribution < -0.4 is 0 Å². The van der Waals surface area contributed by atoms with Crippen molar-refractivity contribution in [1.29, 1.82) is 0 Å². The monoisotopic (exact) mass is 828 g/mol. The summed E-state index contributed by atoms with van der Waals surface area (Å²) in [7, 11) is 14.8. The van der Waals surface area contributed by atoms with Gasteiger partial charge in [0.05, 0.1) is 22.9 Å². The van der Waals surface area contributed by atoms with E-state index >= 15 is 0 Å². The van der Waals surface area contributed by atoms with Gasteiger partial charge < -0.3 is 0 Å². The van der Waals surface area contributed by atoms with Crippen molar-refractivity contribution >= 4 is 102 Å². The second kappa shape index (κ2) is 15.6. The minimum Gasteiger partial charge on any atom is -0.296 e. The Labute approximate surface area is 355 Å². The summed E-state index contributed by atoms with van der Waals surface area (Å²) >= 11 is -1.72. The number of benzene rings is 6. The summed E-state index contributed by atoms with van der Waals surface area (Å²) in [6.07, 6.45) is 7.26. The Hall–Kier alpha value is -5.12. The number of hydrogen-bond donors (Lipinski definition) is 0. The molecule has 0 aliphatic carbocycles. The highest BCUT2D eigenvalue weighted by Crippen LogP contribution is 2.45. The van der Waals surface area contributed by atoms with Gasteiger partial charge in [-0.2, -0.15) is 0 Å². The number of imidazole rings is 2. The van der Waals surface area contributed by atoms with Crippen molar-refractivity contribution in [2.24, 2.45) is 0 Å². The van der Waals surface area contributed by atoms with Crippen molar-refractivity contribution < 1.29 is 0 Å². The molecule has 5 heterocycles. The third kappa shape index (κ3) is 6.76. The third-order valence-electron chi connectivity index (χ3n) is 11.1. The van der Waals surface area contributed by atoms with E-state index in [9.17, 15) is 0 Å². The van der Waals surface area contributed by atoms with Crippen LogP contribution in [-0.2, 0) is 11.8 Å². The molecule has 8 heteroatoms. The number of nitrogens with zero attached hydrogens (tertiary/aromatic N) is 4. The van der Waals surface area contributed by atoms with Gasteiger partial charge in [0, 0.05) is 33.4 Å². The van der Waals surface area contributed by atoms with Crippen molar-refractivity contribution in [2.45, 2.75) is 39.5 Å². The lowest BCUT2D eigenvalue weighted by Gasteiger charge is -2.32. The number of aromatic nitrogens is 4. The van der Waals surface area contributed by atoms with E-state index in [2.05, 4.69) is 188 Å². The first-order chi connectivity index (χ1) is 28.1. The quantitative estimate of drug-likeness (QED) is 0.131. The molecule has 4 aromatic heterocycles. The number of hydrogen-bond acceptors (Lipinski definition) is 2. The maximum absolute atomic E-state index is 4.94. The fourth-order valence-corrected chi connectivity index (χ4v) is 8.87. The summed E-state index contributed by atoms with van der Waals surface area (Å²) in [5.74, 6) is 0. The molecule has 1 aliphatic rings. The molecule has 0 unspecified atom stereocenters. The molecule has 6 aromatic carbocycles. The van der Waals surface area contributed by atoms with E-state index in [1.54, 1.807) is 0 Å². The van der Waals surface area contributed by atoms with Crippen LogP contribution in [0, 0.1) is 0 Å². The van der Waals surface area contributed by atoms with Crippen LogP contribution >= 0.6 is 30.1 Å². The van der Waals surface area contributed by atoms with E-state index in [4.69, 9.17) is 40.1 Å². The fraction of sp³-hybridized carbons (Fsp3) is 0.120. The van der Waals surface area contributed by atoms with Crippen LogP contribution in [0.25, 0.3) is 83.0 Å². The van der Waals surface area contributed by atoms with Gasteiger partial charge in [-0.25, -0.2) is 40.1 Å². The lowest BCUT2D eigenvalue weighted by molar-refractivity contribution is 0.506. The van der Waals surface area contributed by atoms with Crippen molar-refractivity contribution in [3.05, 3.63) is 174 Å². The van der Waals surface area contributed by atoms with E-state index in [-0.39, 0.29) is 5.41 Å².